The molecule has 208 valence electrons. The van der Waals surface area contributed by atoms with Crippen LogP contribution in [-0.4, -0.2) is 24.3 Å². The summed E-state index contributed by atoms with van der Waals surface area (Å²) in [5, 5.41) is 2.60. The fourth-order valence-corrected chi connectivity index (χ4v) is 5.34. The highest BCUT2D eigenvalue weighted by molar-refractivity contribution is 7.92. The molecule has 12 heteroatoms. The molecule has 7 nitrogen and oxygen atoms in total. The predicted molar refractivity (Wildman–Crippen MR) is 153 cm³/mol. The number of hydrogen-bond donors (Lipinski definition) is 3. The van der Waals surface area contributed by atoms with Crippen LogP contribution in [0.4, 0.5) is 24.5 Å². The maximum Gasteiger partial charge on any atom is 0.416 e. The molecular weight excluding hydrogens is 577 g/mol. The van der Waals surface area contributed by atoms with E-state index in [0.29, 0.717) is 28.7 Å². The second kappa shape index (κ2) is 11.1. The molecule has 0 unspecified atom stereocenters. The Bertz CT molecular complexity index is 1870. The number of rotatable bonds is 7. The summed E-state index contributed by atoms with van der Waals surface area (Å²) in [5.74, 6) is 0.105. The number of imidazole rings is 1. The van der Waals surface area contributed by atoms with Crippen LogP contribution in [0.1, 0.15) is 11.1 Å². The molecule has 0 radical (unpaired) electrons. The molecule has 41 heavy (non-hydrogen) atoms. The molecule has 1 aromatic heterocycles. The number of H-pyrrole nitrogens is 1. The Labute approximate surface area is 237 Å². The van der Waals surface area contributed by atoms with Crippen molar-refractivity contribution in [3.05, 3.63) is 113 Å². The third-order valence-corrected chi connectivity index (χ3v) is 7.66. The van der Waals surface area contributed by atoms with E-state index < -0.39 is 33.4 Å². The number of carbonyl (C=O) groups is 1. The fourth-order valence-electron chi connectivity index (χ4n) is 3.99. The Hall–Kier alpha value is -4.61. The smallest absolute Gasteiger partial charge is 0.338 e. The molecular formula is C29H20ClF3N4O3S. The van der Waals surface area contributed by atoms with Gasteiger partial charge in [-0.2, -0.15) is 13.2 Å². The number of alkyl halides is 3. The maximum absolute atomic E-state index is 13.1. The first-order valence-corrected chi connectivity index (χ1v) is 13.9. The van der Waals surface area contributed by atoms with Gasteiger partial charge in [-0.15, -0.1) is 0 Å². The van der Waals surface area contributed by atoms with Crippen LogP contribution in [0.2, 0.25) is 5.02 Å². The number of para-hydroxylation sites is 3. The second-order valence-electron chi connectivity index (χ2n) is 8.84. The van der Waals surface area contributed by atoms with Gasteiger partial charge in [0.05, 0.1) is 37.9 Å². The molecule has 0 aliphatic rings. The van der Waals surface area contributed by atoms with Gasteiger partial charge in [-0.05, 0) is 66.2 Å². The van der Waals surface area contributed by atoms with Gasteiger partial charge >= 0.3 is 6.18 Å². The minimum atomic E-state index is -4.68. The largest absolute Gasteiger partial charge is 0.416 e. The van der Waals surface area contributed by atoms with E-state index >= 15 is 0 Å². The first-order valence-electron chi connectivity index (χ1n) is 12.0. The normalized spacial score (nSPS) is 12.1. The number of fused-ring (bicyclic) bond motifs is 1. The van der Waals surface area contributed by atoms with Crippen molar-refractivity contribution < 1.29 is 26.4 Å². The highest BCUT2D eigenvalue weighted by atomic mass is 35.5. The van der Waals surface area contributed by atoms with Gasteiger partial charge in [0.1, 0.15) is 5.82 Å². The van der Waals surface area contributed by atoms with Crippen molar-refractivity contribution >= 4 is 56.0 Å². The number of carbonyl (C=O) groups excluding carboxylic acids is 1. The fraction of sp³-hybridized carbons (Fsp3) is 0.0345. The standard InChI is InChI=1S/C29H20ClF3N4O3S/c30-22-14-13-19(29(31,32)33)17-26(22)37-41(39,40)20-7-5-6-18(16-20)12-15-27(38)34-23-9-2-1-8-21(23)28-35-24-10-3-4-11-25(24)36-28/h1-17,37H,(H,34,38)(H,35,36)/b15-12+. The van der Waals surface area contributed by atoms with E-state index in [4.69, 9.17) is 11.6 Å². The molecule has 0 bridgehead atoms. The third-order valence-electron chi connectivity index (χ3n) is 5.96. The molecule has 0 aliphatic heterocycles. The molecule has 4 aromatic carbocycles. The van der Waals surface area contributed by atoms with Crippen LogP contribution in [-0.2, 0) is 21.0 Å². The Morgan fingerprint density at radius 2 is 1.66 bits per heavy atom. The lowest BCUT2D eigenvalue weighted by Crippen LogP contribution is -2.14. The molecule has 0 atom stereocenters. The number of nitrogens with zero attached hydrogens (tertiary/aromatic N) is 1. The van der Waals surface area contributed by atoms with Crippen LogP contribution in [0.3, 0.4) is 0 Å². The summed E-state index contributed by atoms with van der Waals surface area (Å²) in [4.78, 5) is 20.3. The van der Waals surface area contributed by atoms with Crippen molar-refractivity contribution in [3.8, 4) is 11.4 Å². The molecule has 3 N–H and O–H groups in total. The summed E-state index contributed by atoms with van der Waals surface area (Å²) in [7, 11) is -4.30. The minimum Gasteiger partial charge on any atom is -0.338 e. The first kappa shape index (κ1) is 27.9. The lowest BCUT2D eigenvalue weighted by molar-refractivity contribution is -0.137. The van der Waals surface area contributed by atoms with Crippen molar-refractivity contribution in [2.24, 2.45) is 0 Å². The third kappa shape index (κ3) is 6.42. The zero-order chi connectivity index (χ0) is 29.2. The van der Waals surface area contributed by atoms with E-state index in [9.17, 15) is 26.4 Å². The average molecular weight is 597 g/mol. The van der Waals surface area contributed by atoms with Gasteiger partial charge < -0.3 is 10.3 Å². The van der Waals surface area contributed by atoms with E-state index in [1.54, 1.807) is 18.2 Å². The van der Waals surface area contributed by atoms with Crippen LogP contribution in [0, 0.1) is 0 Å². The SMILES string of the molecule is O=C(/C=C/c1cccc(S(=O)(=O)Nc2cc(C(F)(F)F)ccc2Cl)c1)Nc1ccccc1-c1nc2ccccc2[nH]1. The first-order chi connectivity index (χ1) is 19.5. The Balaban J connectivity index is 1.33. The zero-order valence-corrected chi connectivity index (χ0v) is 22.5. The van der Waals surface area contributed by atoms with E-state index in [-0.39, 0.29) is 9.92 Å². The Morgan fingerprint density at radius 1 is 0.902 bits per heavy atom. The van der Waals surface area contributed by atoms with E-state index in [0.717, 1.165) is 23.2 Å². The van der Waals surface area contributed by atoms with Gasteiger partial charge in [-0.3, -0.25) is 9.52 Å². The molecule has 0 saturated carbocycles. The van der Waals surface area contributed by atoms with Gasteiger partial charge in [-0.1, -0.05) is 48.0 Å². The number of aromatic amines is 1. The number of anilines is 2. The van der Waals surface area contributed by atoms with Crippen molar-refractivity contribution in [3.63, 3.8) is 0 Å². The molecule has 0 fully saturated rings. The van der Waals surface area contributed by atoms with Gasteiger partial charge in [0.2, 0.25) is 5.91 Å². The number of sulfonamides is 1. The molecule has 1 heterocycles. The predicted octanol–water partition coefficient (Wildman–Crippen LogP) is 7.35. The number of hydrogen-bond acceptors (Lipinski definition) is 4. The monoisotopic (exact) mass is 596 g/mol. The van der Waals surface area contributed by atoms with Crippen molar-refractivity contribution in [2.45, 2.75) is 11.1 Å². The van der Waals surface area contributed by atoms with Crippen LogP contribution >= 0.6 is 11.6 Å². The highest BCUT2D eigenvalue weighted by Crippen LogP contribution is 2.35. The molecule has 0 spiro atoms. The number of halogens is 4. The van der Waals surface area contributed by atoms with Gasteiger partial charge in [-0.25, -0.2) is 13.4 Å². The van der Waals surface area contributed by atoms with Crippen LogP contribution in [0.25, 0.3) is 28.5 Å². The Kier molecular flexibility index (Phi) is 7.57. The summed E-state index contributed by atoms with van der Waals surface area (Å²) in [5.41, 5.74) is 1.72. The lowest BCUT2D eigenvalue weighted by atomic mass is 10.1. The highest BCUT2D eigenvalue weighted by Gasteiger charge is 2.31. The van der Waals surface area contributed by atoms with Crippen molar-refractivity contribution in [1.82, 2.24) is 9.97 Å². The van der Waals surface area contributed by atoms with Crippen LogP contribution in [0.5, 0.6) is 0 Å². The molecule has 5 aromatic rings. The van der Waals surface area contributed by atoms with E-state index in [1.165, 1.54) is 30.4 Å². The maximum atomic E-state index is 13.1. The molecule has 1 amide bonds. The van der Waals surface area contributed by atoms with E-state index in [2.05, 4.69) is 20.0 Å². The Morgan fingerprint density at radius 3 is 2.44 bits per heavy atom. The summed E-state index contributed by atoms with van der Waals surface area (Å²) >= 11 is 5.94. The number of nitrogens with one attached hydrogen (secondary N) is 3. The second-order valence-corrected chi connectivity index (χ2v) is 10.9. The van der Waals surface area contributed by atoms with Gasteiger partial charge in [0.25, 0.3) is 10.0 Å². The van der Waals surface area contributed by atoms with Crippen molar-refractivity contribution in [1.29, 1.82) is 0 Å². The number of aromatic nitrogens is 2. The summed E-state index contributed by atoms with van der Waals surface area (Å²) in [6.45, 7) is 0. The average Bonchev–Trinajstić information content (AvgIpc) is 3.37. The van der Waals surface area contributed by atoms with E-state index in [1.807, 2.05) is 36.4 Å². The number of benzene rings is 4. The topological polar surface area (TPSA) is 104 Å². The van der Waals surface area contributed by atoms with Crippen LogP contribution in [0.15, 0.2) is 102 Å². The van der Waals surface area contributed by atoms with Crippen LogP contribution < -0.4 is 10.0 Å². The zero-order valence-electron chi connectivity index (χ0n) is 20.9. The number of amides is 1. The van der Waals surface area contributed by atoms with Gasteiger partial charge in [0.15, 0.2) is 0 Å². The molecule has 5 rings (SSSR count). The summed E-state index contributed by atoms with van der Waals surface area (Å²) in [6.07, 6.45) is -2.03. The summed E-state index contributed by atoms with van der Waals surface area (Å²) < 4.78 is 67.2. The van der Waals surface area contributed by atoms with Gasteiger partial charge in [0, 0.05) is 11.6 Å². The van der Waals surface area contributed by atoms with Crippen molar-refractivity contribution in [2.75, 3.05) is 10.0 Å². The lowest BCUT2D eigenvalue weighted by Gasteiger charge is -2.13. The summed E-state index contributed by atoms with van der Waals surface area (Å²) in [6, 6.07) is 22.6. The molecule has 0 aliphatic carbocycles. The molecule has 0 saturated heterocycles. The quantitative estimate of drug-likeness (QED) is 0.171. The minimum absolute atomic E-state index is 0.197.